The number of hydrogen-bond acceptors (Lipinski definition) is 6. The van der Waals surface area contributed by atoms with E-state index in [9.17, 15) is 0 Å². The molecule has 0 saturated carbocycles. The molecule has 3 heterocycles. The van der Waals surface area contributed by atoms with Crippen LogP contribution in [0.5, 0.6) is 5.75 Å². The first kappa shape index (κ1) is 20.5. The molecule has 1 aromatic carbocycles. The van der Waals surface area contributed by atoms with Crippen LogP contribution in [0.15, 0.2) is 28.9 Å². The monoisotopic (exact) mass is 407 g/mol. The van der Waals surface area contributed by atoms with Crippen LogP contribution in [0.4, 0.5) is 0 Å². The lowest BCUT2D eigenvalue weighted by molar-refractivity contribution is 0.260. The summed E-state index contributed by atoms with van der Waals surface area (Å²) in [6.07, 6.45) is 4.02. The van der Waals surface area contributed by atoms with Crippen LogP contribution in [0.2, 0.25) is 0 Å². The lowest BCUT2D eigenvalue weighted by atomic mass is 10.0. The van der Waals surface area contributed by atoms with Crippen molar-refractivity contribution in [2.75, 3.05) is 13.2 Å². The second-order valence-corrected chi connectivity index (χ2v) is 8.42. The summed E-state index contributed by atoms with van der Waals surface area (Å²) in [5, 5.41) is 4.21. The van der Waals surface area contributed by atoms with Crippen LogP contribution in [-0.2, 0) is 17.6 Å². The van der Waals surface area contributed by atoms with Crippen molar-refractivity contribution in [1.29, 1.82) is 0 Å². The quantitative estimate of drug-likeness (QED) is 0.492. The van der Waals surface area contributed by atoms with Crippen LogP contribution in [-0.4, -0.2) is 34.4 Å². The van der Waals surface area contributed by atoms with Gasteiger partial charge in [-0.25, -0.2) is 0 Å². The molecule has 0 N–H and O–H groups in total. The highest BCUT2D eigenvalue weighted by Crippen LogP contribution is 2.31. The first-order valence-electron chi connectivity index (χ1n) is 10.6. The van der Waals surface area contributed by atoms with E-state index in [1.54, 1.807) is 0 Å². The van der Waals surface area contributed by atoms with Gasteiger partial charge in [-0.3, -0.25) is 4.98 Å². The predicted molar refractivity (Wildman–Crippen MR) is 116 cm³/mol. The number of benzene rings is 1. The molecule has 0 amide bonds. The smallest absolute Gasteiger partial charge is 0.276 e. The van der Waals surface area contributed by atoms with Crippen molar-refractivity contribution in [1.82, 2.24) is 15.1 Å². The highest BCUT2D eigenvalue weighted by Gasteiger charge is 2.24. The van der Waals surface area contributed by atoms with Gasteiger partial charge in [-0.05, 0) is 73.1 Å². The second kappa shape index (κ2) is 8.56. The number of epoxide rings is 1. The van der Waals surface area contributed by atoms with E-state index >= 15 is 0 Å². The standard InChI is InChI=1S/C24H29N3O3/c1-6-17-10-18(8-16(5)22(17)29-13-20-12-28-20)23-26-24(30-27-23)21-9-15(4)19(11-25-21)7-14(2)3/h8-11,14,20H,6-7,12-13H2,1-5H3/t20-/m0/s1. The number of nitrogens with zero attached hydrogens (tertiary/aromatic N) is 3. The third kappa shape index (κ3) is 4.54. The summed E-state index contributed by atoms with van der Waals surface area (Å²) in [6, 6.07) is 6.14. The fourth-order valence-electron chi connectivity index (χ4n) is 3.59. The zero-order valence-corrected chi connectivity index (χ0v) is 18.4. The van der Waals surface area contributed by atoms with Gasteiger partial charge in [0.1, 0.15) is 24.2 Å². The van der Waals surface area contributed by atoms with Crippen LogP contribution in [0.3, 0.4) is 0 Å². The molecule has 6 heteroatoms. The molecule has 1 saturated heterocycles. The van der Waals surface area contributed by atoms with E-state index in [-0.39, 0.29) is 6.10 Å². The normalized spacial score (nSPS) is 15.6. The molecule has 1 fully saturated rings. The highest BCUT2D eigenvalue weighted by atomic mass is 16.6. The number of hydrogen-bond donors (Lipinski definition) is 0. The third-order valence-electron chi connectivity index (χ3n) is 5.30. The Morgan fingerprint density at radius 2 is 1.93 bits per heavy atom. The van der Waals surface area contributed by atoms with E-state index in [1.807, 2.05) is 25.3 Å². The summed E-state index contributed by atoms with van der Waals surface area (Å²) >= 11 is 0. The molecule has 30 heavy (non-hydrogen) atoms. The third-order valence-corrected chi connectivity index (χ3v) is 5.30. The number of pyridine rings is 1. The van der Waals surface area contributed by atoms with Crippen LogP contribution >= 0.6 is 0 Å². The maximum absolute atomic E-state index is 6.00. The van der Waals surface area contributed by atoms with E-state index in [0.29, 0.717) is 29.9 Å². The topological polar surface area (TPSA) is 73.6 Å². The summed E-state index contributed by atoms with van der Waals surface area (Å²) in [4.78, 5) is 9.17. The number of aromatic nitrogens is 3. The Balaban J connectivity index is 1.59. The molecule has 0 spiro atoms. The van der Waals surface area contributed by atoms with E-state index in [4.69, 9.17) is 14.0 Å². The van der Waals surface area contributed by atoms with Gasteiger partial charge in [-0.1, -0.05) is 25.9 Å². The Morgan fingerprint density at radius 1 is 1.13 bits per heavy atom. The minimum atomic E-state index is 0.233. The molecule has 0 bridgehead atoms. The molecule has 0 aliphatic carbocycles. The molecule has 0 unspecified atom stereocenters. The molecule has 6 nitrogen and oxygen atoms in total. The Morgan fingerprint density at radius 3 is 2.60 bits per heavy atom. The van der Waals surface area contributed by atoms with E-state index in [1.165, 1.54) is 11.1 Å². The molecule has 1 aliphatic rings. The summed E-state index contributed by atoms with van der Waals surface area (Å²) < 4.78 is 16.8. The summed E-state index contributed by atoms with van der Waals surface area (Å²) in [5.74, 6) is 2.52. The largest absolute Gasteiger partial charge is 0.490 e. The first-order valence-corrected chi connectivity index (χ1v) is 10.6. The molecule has 4 rings (SSSR count). The average molecular weight is 408 g/mol. The van der Waals surface area contributed by atoms with Crippen molar-refractivity contribution in [2.24, 2.45) is 5.92 Å². The minimum Gasteiger partial charge on any atom is -0.490 e. The molecule has 1 aliphatic heterocycles. The molecule has 1 atom stereocenters. The van der Waals surface area contributed by atoms with E-state index < -0.39 is 0 Å². The minimum absolute atomic E-state index is 0.233. The van der Waals surface area contributed by atoms with Gasteiger partial charge in [-0.2, -0.15) is 4.98 Å². The van der Waals surface area contributed by atoms with Gasteiger partial charge in [0.25, 0.3) is 5.89 Å². The fourth-order valence-corrected chi connectivity index (χ4v) is 3.59. The summed E-state index contributed by atoms with van der Waals surface area (Å²) in [5.41, 5.74) is 6.26. The number of aryl methyl sites for hydroxylation is 3. The lowest BCUT2D eigenvalue weighted by Gasteiger charge is -2.14. The highest BCUT2D eigenvalue weighted by molar-refractivity contribution is 5.63. The Bertz CT molecular complexity index is 1040. The maximum Gasteiger partial charge on any atom is 0.276 e. The molecule has 3 aromatic rings. The second-order valence-electron chi connectivity index (χ2n) is 8.42. The lowest BCUT2D eigenvalue weighted by Crippen LogP contribution is -2.07. The van der Waals surface area contributed by atoms with Gasteiger partial charge in [-0.15, -0.1) is 0 Å². The number of rotatable bonds is 8. The van der Waals surface area contributed by atoms with Crippen molar-refractivity contribution in [3.8, 4) is 28.7 Å². The van der Waals surface area contributed by atoms with Crippen LogP contribution in [0.25, 0.3) is 23.0 Å². The molecular formula is C24H29N3O3. The van der Waals surface area contributed by atoms with Crippen molar-refractivity contribution in [2.45, 2.75) is 53.6 Å². The Kier molecular flexibility index (Phi) is 5.86. The van der Waals surface area contributed by atoms with Gasteiger partial charge in [0, 0.05) is 11.8 Å². The maximum atomic E-state index is 6.00. The van der Waals surface area contributed by atoms with Crippen molar-refractivity contribution < 1.29 is 14.0 Å². The van der Waals surface area contributed by atoms with Gasteiger partial charge in [0.15, 0.2) is 0 Å². The van der Waals surface area contributed by atoms with Crippen LogP contribution in [0, 0.1) is 19.8 Å². The van der Waals surface area contributed by atoms with Gasteiger partial charge in [0.2, 0.25) is 5.82 Å². The predicted octanol–water partition coefficient (Wildman–Crippen LogP) is 4.95. The summed E-state index contributed by atoms with van der Waals surface area (Å²) in [7, 11) is 0. The SMILES string of the molecule is CCc1cc(-c2noc(-c3cc(C)c(CC(C)C)cn3)n2)cc(C)c1OC[C@@H]1CO1. The van der Waals surface area contributed by atoms with Crippen molar-refractivity contribution >= 4 is 0 Å². The zero-order chi connectivity index (χ0) is 21.3. The van der Waals surface area contributed by atoms with E-state index in [0.717, 1.165) is 41.9 Å². The molecule has 2 aromatic heterocycles. The summed E-state index contributed by atoms with van der Waals surface area (Å²) in [6.45, 7) is 12.1. The van der Waals surface area contributed by atoms with Gasteiger partial charge in [0.05, 0.1) is 6.61 Å². The van der Waals surface area contributed by atoms with Gasteiger partial charge < -0.3 is 14.0 Å². The van der Waals surface area contributed by atoms with E-state index in [2.05, 4.69) is 48.9 Å². The van der Waals surface area contributed by atoms with Crippen LogP contribution < -0.4 is 4.74 Å². The van der Waals surface area contributed by atoms with Crippen LogP contribution in [0.1, 0.15) is 43.0 Å². The molecule has 158 valence electrons. The number of ether oxygens (including phenoxy) is 2. The zero-order valence-electron chi connectivity index (χ0n) is 18.4. The van der Waals surface area contributed by atoms with Gasteiger partial charge >= 0.3 is 0 Å². The molecular weight excluding hydrogens is 378 g/mol. The Labute approximate surface area is 177 Å². The van der Waals surface area contributed by atoms with Crippen molar-refractivity contribution in [3.05, 3.63) is 46.6 Å². The van der Waals surface area contributed by atoms with Crippen molar-refractivity contribution in [3.63, 3.8) is 0 Å². The Hall–Kier alpha value is -2.73. The average Bonchev–Trinajstić information content (AvgIpc) is 3.41. The first-order chi connectivity index (χ1) is 14.4. The fraction of sp³-hybridized carbons (Fsp3) is 0.458. The molecule has 0 radical (unpaired) electrons.